The first-order valence-corrected chi connectivity index (χ1v) is 7.16. The molecule has 0 bridgehead atoms. The number of hydrogen-bond acceptors (Lipinski definition) is 4. The third-order valence-corrected chi connectivity index (χ3v) is 3.62. The van der Waals surface area contributed by atoms with E-state index in [9.17, 15) is 4.39 Å². The Morgan fingerprint density at radius 3 is 2.50 bits per heavy atom. The van der Waals surface area contributed by atoms with E-state index in [0.717, 1.165) is 36.5 Å². The summed E-state index contributed by atoms with van der Waals surface area (Å²) in [6.45, 7) is 4.79. The second-order valence-electron chi connectivity index (χ2n) is 4.50. The van der Waals surface area contributed by atoms with Gasteiger partial charge in [0.05, 0.1) is 0 Å². The molecule has 2 rings (SSSR count). The highest BCUT2D eigenvalue weighted by Crippen LogP contribution is 2.18. The van der Waals surface area contributed by atoms with Crippen LogP contribution >= 0.6 is 23.7 Å². The van der Waals surface area contributed by atoms with E-state index in [1.165, 1.54) is 23.5 Å². The molecule has 0 atom stereocenters. The number of halogens is 2. The van der Waals surface area contributed by atoms with Gasteiger partial charge >= 0.3 is 0 Å². The molecule has 0 aliphatic carbocycles. The van der Waals surface area contributed by atoms with Gasteiger partial charge in [-0.3, -0.25) is 4.90 Å². The Kier molecular flexibility index (Phi) is 6.91. The number of nitrogens with zero attached hydrogens (tertiary/aromatic N) is 2. The van der Waals surface area contributed by atoms with Crippen LogP contribution in [0.3, 0.4) is 0 Å². The van der Waals surface area contributed by atoms with Crippen molar-refractivity contribution in [2.75, 3.05) is 12.3 Å². The van der Waals surface area contributed by atoms with Crippen LogP contribution in [0.2, 0.25) is 0 Å². The second-order valence-corrected chi connectivity index (χ2v) is 5.65. The Morgan fingerprint density at radius 2 is 1.95 bits per heavy atom. The molecule has 0 saturated heterocycles. The van der Waals surface area contributed by atoms with Gasteiger partial charge in [0.15, 0.2) is 5.13 Å². The van der Waals surface area contributed by atoms with E-state index in [-0.39, 0.29) is 18.2 Å². The Hall–Kier alpha value is -1.17. The molecule has 0 unspecified atom stereocenters. The average molecular weight is 316 g/mol. The minimum Gasteiger partial charge on any atom is -0.375 e. The second kappa shape index (κ2) is 8.19. The van der Waals surface area contributed by atoms with E-state index in [2.05, 4.69) is 16.8 Å². The van der Waals surface area contributed by atoms with Crippen molar-refractivity contribution in [3.05, 3.63) is 46.7 Å². The summed E-state index contributed by atoms with van der Waals surface area (Å²) in [5.74, 6) is -0.193. The van der Waals surface area contributed by atoms with Crippen molar-refractivity contribution in [2.24, 2.45) is 0 Å². The molecule has 2 N–H and O–H groups in total. The van der Waals surface area contributed by atoms with Gasteiger partial charge in [-0.15, -0.1) is 23.7 Å². The van der Waals surface area contributed by atoms with Gasteiger partial charge in [-0.1, -0.05) is 19.1 Å². The topological polar surface area (TPSA) is 42.2 Å². The third kappa shape index (κ3) is 5.07. The molecule has 6 heteroatoms. The highest BCUT2D eigenvalue weighted by atomic mass is 35.5. The Morgan fingerprint density at radius 1 is 1.25 bits per heavy atom. The number of anilines is 1. The van der Waals surface area contributed by atoms with Crippen LogP contribution in [0.5, 0.6) is 0 Å². The molecular formula is C14H19ClFN3S. The summed E-state index contributed by atoms with van der Waals surface area (Å²) in [7, 11) is 0. The maximum atomic E-state index is 12.9. The quantitative estimate of drug-likeness (QED) is 0.884. The van der Waals surface area contributed by atoms with Gasteiger partial charge < -0.3 is 5.73 Å². The van der Waals surface area contributed by atoms with Gasteiger partial charge in [0.2, 0.25) is 0 Å². The maximum absolute atomic E-state index is 12.9. The van der Waals surface area contributed by atoms with Gasteiger partial charge in [0.25, 0.3) is 0 Å². The van der Waals surface area contributed by atoms with E-state index in [1.807, 2.05) is 18.3 Å². The third-order valence-electron chi connectivity index (χ3n) is 2.81. The standard InChI is InChI=1S/C14H18FN3S.ClH/c1-2-7-18(10-13-8-17-14(16)19-13)9-11-3-5-12(15)6-4-11;/h3-6,8H,2,7,9-10H2,1H3,(H2,16,17);1H. The maximum Gasteiger partial charge on any atom is 0.180 e. The van der Waals surface area contributed by atoms with Crippen molar-refractivity contribution in [2.45, 2.75) is 26.4 Å². The van der Waals surface area contributed by atoms with E-state index >= 15 is 0 Å². The number of thiazole rings is 1. The summed E-state index contributed by atoms with van der Waals surface area (Å²) < 4.78 is 12.9. The molecule has 0 radical (unpaired) electrons. The van der Waals surface area contributed by atoms with Crippen molar-refractivity contribution in [1.29, 1.82) is 0 Å². The largest absolute Gasteiger partial charge is 0.375 e. The summed E-state index contributed by atoms with van der Waals surface area (Å²) in [5, 5.41) is 0.605. The van der Waals surface area contributed by atoms with Crippen LogP contribution in [0.1, 0.15) is 23.8 Å². The normalized spacial score (nSPS) is 10.6. The highest BCUT2D eigenvalue weighted by molar-refractivity contribution is 7.15. The number of benzene rings is 1. The molecule has 110 valence electrons. The van der Waals surface area contributed by atoms with E-state index in [0.29, 0.717) is 5.13 Å². The molecule has 2 aromatic rings. The molecule has 1 aromatic heterocycles. The number of hydrogen-bond donors (Lipinski definition) is 1. The fourth-order valence-electron chi connectivity index (χ4n) is 1.99. The summed E-state index contributed by atoms with van der Waals surface area (Å²) in [6.07, 6.45) is 2.91. The summed E-state index contributed by atoms with van der Waals surface area (Å²) in [5.41, 5.74) is 6.76. The van der Waals surface area contributed by atoms with Crippen molar-refractivity contribution < 1.29 is 4.39 Å². The predicted octanol–water partition coefficient (Wildman–Crippen LogP) is 3.70. The van der Waals surface area contributed by atoms with E-state index in [1.54, 1.807) is 0 Å². The molecule has 0 amide bonds. The van der Waals surface area contributed by atoms with E-state index < -0.39 is 0 Å². The SMILES string of the molecule is CCCN(Cc1ccc(F)cc1)Cc1cnc(N)s1.Cl. The first kappa shape index (κ1) is 16.9. The lowest BCUT2D eigenvalue weighted by atomic mass is 10.2. The zero-order valence-corrected chi connectivity index (χ0v) is 13.0. The molecule has 3 nitrogen and oxygen atoms in total. The molecule has 20 heavy (non-hydrogen) atoms. The van der Waals surface area contributed by atoms with Crippen LogP contribution in [0, 0.1) is 5.82 Å². The van der Waals surface area contributed by atoms with Gasteiger partial charge in [-0.2, -0.15) is 0 Å². The zero-order valence-electron chi connectivity index (χ0n) is 11.4. The van der Waals surface area contributed by atoms with Gasteiger partial charge in [0, 0.05) is 24.2 Å². The van der Waals surface area contributed by atoms with Crippen LogP contribution in [0.25, 0.3) is 0 Å². The number of nitrogens with two attached hydrogens (primary N) is 1. The summed E-state index contributed by atoms with van der Waals surface area (Å²) in [6, 6.07) is 6.67. The molecule has 0 spiro atoms. The van der Waals surface area contributed by atoms with Crippen LogP contribution in [0.15, 0.2) is 30.5 Å². The smallest absolute Gasteiger partial charge is 0.180 e. The highest BCUT2D eigenvalue weighted by Gasteiger charge is 2.08. The lowest BCUT2D eigenvalue weighted by Crippen LogP contribution is -2.23. The number of aromatic nitrogens is 1. The minimum absolute atomic E-state index is 0. The van der Waals surface area contributed by atoms with Gasteiger partial charge in [-0.25, -0.2) is 9.37 Å². The first-order valence-electron chi connectivity index (χ1n) is 6.34. The van der Waals surface area contributed by atoms with Gasteiger partial charge in [0.1, 0.15) is 5.82 Å². The summed E-state index contributed by atoms with van der Waals surface area (Å²) in [4.78, 5) is 7.55. The van der Waals surface area contributed by atoms with Crippen LogP contribution in [-0.4, -0.2) is 16.4 Å². The average Bonchev–Trinajstić information content (AvgIpc) is 2.78. The molecule has 0 aliphatic heterocycles. The molecule has 1 heterocycles. The van der Waals surface area contributed by atoms with Crippen LogP contribution < -0.4 is 5.73 Å². The monoisotopic (exact) mass is 315 g/mol. The molecular weight excluding hydrogens is 297 g/mol. The lowest BCUT2D eigenvalue weighted by molar-refractivity contribution is 0.259. The fourth-order valence-corrected chi connectivity index (χ4v) is 2.72. The van der Waals surface area contributed by atoms with Crippen molar-refractivity contribution in [3.8, 4) is 0 Å². The molecule has 0 aliphatic rings. The lowest BCUT2D eigenvalue weighted by Gasteiger charge is -2.20. The first-order chi connectivity index (χ1) is 9.17. The molecule has 0 fully saturated rings. The van der Waals surface area contributed by atoms with Crippen molar-refractivity contribution >= 4 is 28.9 Å². The van der Waals surface area contributed by atoms with E-state index in [4.69, 9.17) is 5.73 Å². The Balaban J connectivity index is 0.00000200. The van der Waals surface area contributed by atoms with Crippen molar-refractivity contribution in [1.82, 2.24) is 9.88 Å². The fraction of sp³-hybridized carbons (Fsp3) is 0.357. The number of nitrogen functional groups attached to an aromatic ring is 1. The predicted molar refractivity (Wildman–Crippen MR) is 84.6 cm³/mol. The van der Waals surface area contributed by atoms with Gasteiger partial charge in [-0.05, 0) is 30.7 Å². The van der Waals surface area contributed by atoms with Crippen LogP contribution in [-0.2, 0) is 13.1 Å². The Labute approximate surface area is 129 Å². The number of rotatable bonds is 6. The van der Waals surface area contributed by atoms with Crippen LogP contribution in [0.4, 0.5) is 9.52 Å². The zero-order chi connectivity index (χ0) is 13.7. The molecule has 0 saturated carbocycles. The minimum atomic E-state index is -0.193. The van der Waals surface area contributed by atoms with Crippen molar-refractivity contribution in [3.63, 3.8) is 0 Å². The summed E-state index contributed by atoms with van der Waals surface area (Å²) >= 11 is 1.52. The molecule has 1 aromatic carbocycles. The Bertz CT molecular complexity index is 515.